The smallest absolute Gasteiger partial charge is 0.273 e. The fraction of sp³-hybridized carbons (Fsp3) is 0. The van der Waals surface area contributed by atoms with E-state index in [1.54, 1.807) is 30.3 Å². The third-order valence-electron chi connectivity index (χ3n) is 3.03. The van der Waals surface area contributed by atoms with Crippen LogP contribution in [0.3, 0.4) is 0 Å². The maximum Gasteiger partial charge on any atom is 0.273 e. The Labute approximate surface area is 141 Å². The number of nitrogens with zero attached hydrogens (tertiary/aromatic N) is 1. The molecule has 1 aromatic heterocycles. The van der Waals surface area contributed by atoms with E-state index in [0.717, 1.165) is 0 Å². The molecule has 0 aliphatic carbocycles. The van der Waals surface area contributed by atoms with E-state index in [-0.39, 0.29) is 11.4 Å². The Hall–Kier alpha value is -2.50. The van der Waals surface area contributed by atoms with Gasteiger partial charge in [-0.1, -0.05) is 23.2 Å². The number of benzene rings is 2. The van der Waals surface area contributed by atoms with Gasteiger partial charge in [0.05, 0.1) is 22.3 Å². The summed E-state index contributed by atoms with van der Waals surface area (Å²) in [6, 6.07) is 12.5. The second-order valence-electron chi connectivity index (χ2n) is 4.63. The van der Waals surface area contributed by atoms with Crippen molar-refractivity contribution in [1.29, 1.82) is 0 Å². The normalized spacial score (nSPS) is 10.5. The molecule has 0 fully saturated rings. The topological polar surface area (TPSA) is 65.5 Å². The fourth-order valence-corrected chi connectivity index (χ4v) is 2.46. The van der Waals surface area contributed by atoms with E-state index in [0.29, 0.717) is 27.1 Å². The van der Waals surface area contributed by atoms with Crippen LogP contribution in [0.15, 0.2) is 59.2 Å². The second kappa shape index (κ2) is 6.32. The van der Waals surface area contributed by atoms with E-state index < -0.39 is 4.92 Å². The first kappa shape index (κ1) is 15.4. The minimum Gasteiger partial charge on any atom is -0.464 e. The van der Waals surface area contributed by atoms with E-state index in [9.17, 15) is 10.1 Å². The average molecular weight is 350 g/mol. The SMILES string of the molecule is O=[N+]([O-])c1cc(Oc2ccc(Cl)cc2Cl)cc(-c2ccco2)c1. The van der Waals surface area contributed by atoms with E-state index in [2.05, 4.69) is 0 Å². The molecular formula is C16H9Cl2NO4. The van der Waals surface area contributed by atoms with E-state index in [1.807, 2.05) is 0 Å². The highest BCUT2D eigenvalue weighted by Crippen LogP contribution is 2.35. The molecule has 5 nitrogen and oxygen atoms in total. The largest absolute Gasteiger partial charge is 0.464 e. The molecule has 0 saturated carbocycles. The molecule has 3 rings (SSSR count). The van der Waals surface area contributed by atoms with Gasteiger partial charge in [-0.05, 0) is 36.4 Å². The third kappa shape index (κ3) is 3.47. The summed E-state index contributed by atoms with van der Waals surface area (Å²) < 4.78 is 10.9. The summed E-state index contributed by atoms with van der Waals surface area (Å²) in [5.74, 6) is 1.12. The molecule has 0 unspecified atom stereocenters. The van der Waals surface area contributed by atoms with Crippen LogP contribution in [0.2, 0.25) is 10.0 Å². The Morgan fingerprint density at radius 3 is 2.57 bits per heavy atom. The van der Waals surface area contributed by atoms with Crippen LogP contribution < -0.4 is 4.74 Å². The van der Waals surface area contributed by atoms with Crippen LogP contribution >= 0.6 is 23.2 Å². The van der Waals surface area contributed by atoms with Crippen molar-refractivity contribution >= 4 is 28.9 Å². The van der Waals surface area contributed by atoms with Crippen LogP contribution in [-0.4, -0.2) is 4.92 Å². The predicted octanol–water partition coefficient (Wildman–Crippen LogP) is 5.95. The maximum atomic E-state index is 11.1. The highest BCUT2D eigenvalue weighted by atomic mass is 35.5. The Bertz CT molecular complexity index is 863. The minimum absolute atomic E-state index is 0.112. The van der Waals surface area contributed by atoms with Gasteiger partial charge >= 0.3 is 0 Å². The van der Waals surface area contributed by atoms with Crippen molar-refractivity contribution in [2.24, 2.45) is 0 Å². The molecule has 2 aromatic carbocycles. The van der Waals surface area contributed by atoms with Crippen LogP contribution in [0.5, 0.6) is 11.5 Å². The van der Waals surface area contributed by atoms with Gasteiger partial charge in [0.1, 0.15) is 17.3 Å². The first-order valence-corrected chi connectivity index (χ1v) is 7.25. The molecule has 0 spiro atoms. The van der Waals surface area contributed by atoms with Gasteiger partial charge in [-0.25, -0.2) is 0 Å². The quantitative estimate of drug-likeness (QED) is 0.430. The van der Waals surface area contributed by atoms with Gasteiger partial charge in [-0.3, -0.25) is 10.1 Å². The lowest BCUT2D eigenvalue weighted by molar-refractivity contribution is -0.384. The van der Waals surface area contributed by atoms with Gasteiger partial charge in [-0.15, -0.1) is 0 Å². The molecule has 3 aromatic rings. The van der Waals surface area contributed by atoms with Crippen LogP contribution in [0.4, 0.5) is 5.69 Å². The zero-order valence-corrected chi connectivity index (χ0v) is 13.0. The van der Waals surface area contributed by atoms with Crippen molar-refractivity contribution < 1.29 is 14.1 Å². The number of hydrogen-bond donors (Lipinski definition) is 0. The Kier molecular flexibility index (Phi) is 4.23. The van der Waals surface area contributed by atoms with Crippen molar-refractivity contribution in [3.63, 3.8) is 0 Å². The summed E-state index contributed by atoms with van der Waals surface area (Å²) in [7, 11) is 0. The van der Waals surface area contributed by atoms with E-state index in [4.69, 9.17) is 32.4 Å². The summed E-state index contributed by atoms with van der Waals surface area (Å²) in [5, 5.41) is 11.9. The lowest BCUT2D eigenvalue weighted by atomic mass is 10.1. The number of ether oxygens (including phenoxy) is 1. The van der Waals surface area contributed by atoms with Gasteiger partial charge in [0.2, 0.25) is 0 Å². The molecule has 0 radical (unpaired) electrons. The molecule has 0 atom stereocenters. The van der Waals surface area contributed by atoms with Crippen molar-refractivity contribution in [2.45, 2.75) is 0 Å². The summed E-state index contributed by atoms with van der Waals surface area (Å²) in [5.41, 5.74) is 0.420. The van der Waals surface area contributed by atoms with Crippen LogP contribution in [0.1, 0.15) is 0 Å². The fourth-order valence-electron chi connectivity index (χ4n) is 2.02. The lowest BCUT2D eigenvalue weighted by Crippen LogP contribution is -1.92. The van der Waals surface area contributed by atoms with Crippen molar-refractivity contribution in [2.75, 3.05) is 0 Å². The first-order chi connectivity index (χ1) is 11.0. The van der Waals surface area contributed by atoms with Crippen LogP contribution in [-0.2, 0) is 0 Å². The highest BCUT2D eigenvalue weighted by Gasteiger charge is 2.14. The van der Waals surface area contributed by atoms with Crippen LogP contribution in [0.25, 0.3) is 11.3 Å². The second-order valence-corrected chi connectivity index (χ2v) is 5.47. The van der Waals surface area contributed by atoms with Gasteiger partial charge < -0.3 is 9.15 Å². The number of nitro benzene ring substituents is 1. The zero-order valence-electron chi connectivity index (χ0n) is 11.5. The summed E-state index contributed by atoms with van der Waals surface area (Å²) >= 11 is 11.9. The molecule has 0 aliphatic heterocycles. The number of nitro groups is 1. The third-order valence-corrected chi connectivity index (χ3v) is 3.56. The molecule has 0 N–H and O–H groups in total. The summed E-state index contributed by atoms with van der Waals surface area (Å²) in [4.78, 5) is 10.6. The average Bonchev–Trinajstić information content (AvgIpc) is 3.04. The molecule has 116 valence electrons. The number of rotatable bonds is 4. The van der Waals surface area contributed by atoms with Gasteiger partial charge in [0.15, 0.2) is 0 Å². The van der Waals surface area contributed by atoms with Crippen molar-refractivity contribution in [3.8, 4) is 22.8 Å². The molecule has 0 saturated heterocycles. The standard InChI is InChI=1S/C16H9Cl2NO4/c17-11-3-4-16(14(18)8-11)23-13-7-10(15-2-1-5-22-15)6-12(9-13)19(20)21/h1-9H. The van der Waals surface area contributed by atoms with E-state index >= 15 is 0 Å². The number of halogens is 2. The molecule has 0 aliphatic rings. The molecule has 1 heterocycles. The van der Waals surface area contributed by atoms with Gasteiger partial charge in [0, 0.05) is 16.7 Å². The summed E-state index contributed by atoms with van der Waals surface area (Å²) in [6.45, 7) is 0. The Balaban J connectivity index is 2.02. The summed E-state index contributed by atoms with van der Waals surface area (Å²) in [6.07, 6.45) is 1.49. The van der Waals surface area contributed by atoms with Gasteiger partial charge in [-0.2, -0.15) is 0 Å². The van der Waals surface area contributed by atoms with E-state index in [1.165, 1.54) is 24.5 Å². The number of non-ortho nitro benzene ring substituents is 1. The molecular weight excluding hydrogens is 341 g/mol. The van der Waals surface area contributed by atoms with Crippen molar-refractivity contribution in [3.05, 3.63) is 75.0 Å². The first-order valence-electron chi connectivity index (χ1n) is 6.49. The van der Waals surface area contributed by atoms with Crippen LogP contribution in [0, 0.1) is 10.1 Å². The number of hydrogen-bond acceptors (Lipinski definition) is 4. The Morgan fingerprint density at radius 1 is 1.09 bits per heavy atom. The number of furan rings is 1. The monoisotopic (exact) mass is 349 g/mol. The highest BCUT2D eigenvalue weighted by molar-refractivity contribution is 6.35. The Morgan fingerprint density at radius 2 is 1.91 bits per heavy atom. The van der Waals surface area contributed by atoms with Crippen molar-refractivity contribution in [1.82, 2.24) is 0 Å². The maximum absolute atomic E-state index is 11.1. The predicted molar refractivity (Wildman–Crippen MR) is 87.3 cm³/mol. The molecule has 0 bridgehead atoms. The molecule has 0 amide bonds. The molecule has 7 heteroatoms. The van der Waals surface area contributed by atoms with Gasteiger partial charge in [0.25, 0.3) is 5.69 Å². The molecule has 23 heavy (non-hydrogen) atoms. The minimum atomic E-state index is -0.497. The lowest BCUT2D eigenvalue weighted by Gasteiger charge is -2.09. The zero-order chi connectivity index (χ0) is 16.4.